The highest BCUT2D eigenvalue weighted by Crippen LogP contribution is 1.93. The second-order valence-electron chi connectivity index (χ2n) is 3.09. The van der Waals surface area contributed by atoms with Crippen molar-refractivity contribution < 1.29 is 14.4 Å². The van der Waals surface area contributed by atoms with Crippen LogP contribution in [0.1, 0.15) is 10.4 Å². The number of amides is 2. The molecule has 0 bridgehead atoms. The molecule has 1 aliphatic rings. The number of hydrogen-bond donors (Lipinski definition) is 4. The summed E-state index contributed by atoms with van der Waals surface area (Å²) in [4.78, 5) is 29.1. The van der Waals surface area contributed by atoms with Crippen LogP contribution in [0.25, 0.3) is 0 Å². The average Bonchev–Trinajstić information content (AvgIpc) is 2.75. The van der Waals surface area contributed by atoms with Gasteiger partial charge in [-0.25, -0.2) is 11.3 Å². The minimum atomic E-state index is -0.458. The Bertz CT molecular complexity index is 383. The number of carbonyl (C=O) groups excluding carboxylic acids is 2. The van der Waals surface area contributed by atoms with Crippen molar-refractivity contribution in [3.63, 3.8) is 0 Å². The number of hydroxylamine groups is 1. The van der Waals surface area contributed by atoms with Crippen LogP contribution in [0.15, 0.2) is 24.5 Å². The summed E-state index contributed by atoms with van der Waals surface area (Å²) in [6.07, 6.45) is 3.06. The highest BCUT2D eigenvalue weighted by Gasteiger charge is 2.19. The monoisotopic (exact) mass is 239 g/mol. The molecule has 0 saturated carbocycles. The molecular weight excluding hydrogens is 226 g/mol. The third-order valence-electron chi connectivity index (χ3n) is 1.85. The summed E-state index contributed by atoms with van der Waals surface area (Å²) in [5.74, 6) is 4.34. The van der Waals surface area contributed by atoms with E-state index >= 15 is 0 Å². The van der Waals surface area contributed by atoms with Gasteiger partial charge in [0.25, 0.3) is 11.8 Å². The quantitative estimate of drug-likeness (QED) is 0.256. The maximum absolute atomic E-state index is 10.7. The van der Waals surface area contributed by atoms with E-state index in [2.05, 4.69) is 15.3 Å². The molecule has 1 aromatic heterocycles. The number of rotatable bonds is 1. The van der Waals surface area contributed by atoms with Crippen LogP contribution in [-0.2, 0) is 9.63 Å². The molecular formula is C9H13N5O3. The molecule has 0 aliphatic carbocycles. The first-order valence-corrected chi connectivity index (χ1v) is 4.73. The van der Waals surface area contributed by atoms with Gasteiger partial charge in [0, 0.05) is 18.0 Å². The molecule has 17 heavy (non-hydrogen) atoms. The van der Waals surface area contributed by atoms with E-state index in [1.54, 1.807) is 12.1 Å². The molecule has 0 spiro atoms. The van der Waals surface area contributed by atoms with Crippen molar-refractivity contribution in [2.75, 3.05) is 6.61 Å². The fraction of sp³-hybridized carbons (Fsp3) is 0.222. The van der Waals surface area contributed by atoms with Gasteiger partial charge in [0.15, 0.2) is 0 Å². The molecule has 8 heteroatoms. The van der Waals surface area contributed by atoms with Gasteiger partial charge in [0.05, 0.1) is 6.61 Å². The topological polar surface area (TPSA) is 132 Å². The van der Waals surface area contributed by atoms with Crippen LogP contribution in [-0.4, -0.2) is 29.4 Å². The number of carbonyl (C=O) groups is 2. The van der Waals surface area contributed by atoms with E-state index in [1.807, 2.05) is 5.43 Å². The van der Waals surface area contributed by atoms with Crippen molar-refractivity contribution in [1.82, 2.24) is 15.9 Å². The largest absolute Gasteiger partial charge is 0.318 e. The number of nitrogens with one attached hydrogen (secondary N) is 2. The second-order valence-corrected chi connectivity index (χ2v) is 3.09. The first-order valence-electron chi connectivity index (χ1n) is 4.73. The zero-order valence-corrected chi connectivity index (χ0v) is 8.92. The molecule has 8 nitrogen and oxygen atoms in total. The summed E-state index contributed by atoms with van der Waals surface area (Å²) in [5.41, 5.74) is 9.77. The first kappa shape index (κ1) is 13.0. The van der Waals surface area contributed by atoms with Crippen molar-refractivity contribution in [3.05, 3.63) is 30.1 Å². The van der Waals surface area contributed by atoms with Crippen LogP contribution in [0.2, 0.25) is 0 Å². The lowest BCUT2D eigenvalue weighted by Gasteiger charge is -1.95. The van der Waals surface area contributed by atoms with E-state index in [9.17, 15) is 9.59 Å². The average molecular weight is 239 g/mol. The number of aromatic nitrogens is 1. The molecule has 1 atom stereocenters. The highest BCUT2D eigenvalue weighted by molar-refractivity contribution is 5.93. The van der Waals surface area contributed by atoms with Crippen LogP contribution < -0.4 is 22.5 Å². The van der Waals surface area contributed by atoms with Crippen LogP contribution in [0.3, 0.4) is 0 Å². The van der Waals surface area contributed by atoms with Crippen LogP contribution >= 0.6 is 0 Å². The molecule has 0 aromatic carbocycles. The Hall–Kier alpha value is -2.03. The molecule has 2 amide bonds. The Labute approximate surface area is 97.3 Å². The van der Waals surface area contributed by atoms with Crippen molar-refractivity contribution >= 4 is 11.8 Å². The molecule has 1 aliphatic heterocycles. The molecule has 6 N–H and O–H groups in total. The van der Waals surface area contributed by atoms with Crippen molar-refractivity contribution in [2.24, 2.45) is 11.6 Å². The number of nitrogen functional groups attached to an aromatic ring is 1. The minimum Gasteiger partial charge on any atom is -0.318 e. The number of hydrazine groups is 1. The normalized spacial score (nSPS) is 17.8. The smallest absolute Gasteiger partial charge is 0.265 e. The summed E-state index contributed by atoms with van der Waals surface area (Å²) >= 11 is 0. The molecule has 2 heterocycles. The van der Waals surface area contributed by atoms with Gasteiger partial charge in [0.1, 0.15) is 6.04 Å². The summed E-state index contributed by atoms with van der Waals surface area (Å²) in [6, 6.07) is 2.71. The Morgan fingerprint density at radius 1 is 1.53 bits per heavy atom. The zero-order valence-electron chi connectivity index (χ0n) is 8.92. The number of hydrogen-bond acceptors (Lipinski definition) is 6. The fourth-order valence-corrected chi connectivity index (χ4v) is 0.941. The lowest BCUT2D eigenvalue weighted by molar-refractivity contribution is -0.124. The van der Waals surface area contributed by atoms with Gasteiger partial charge in [-0.15, -0.1) is 0 Å². The fourth-order valence-electron chi connectivity index (χ4n) is 0.941. The molecule has 1 aromatic rings. The molecule has 1 fully saturated rings. The number of nitrogens with two attached hydrogens (primary N) is 2. The Morgan fingerprint density at radius 3 is 2.53 bits per heavy atom. The van der Waals surface area contributed by atoms with Gasteiger partial charge in [-0.1, -0.05) is 0 Å². The van der Waals surface area contributed by atoms with Crippen LogP contribution in [0.4, 0.5) is 0 Å². The van der Waals surface area contributed by atoms with Gasteiger partial charge < -0.3 is 5.73 Å². The summed E-state index contributed by atoms with van der Waals surface area (Å²) in [7, 11) is 0. The van der Waals surface area contributed by atoms with E-state index in [-0.39, 0.29) is 11.8 Å². The molecule has 2 rings (SSSR count). The summed E-state index contributed by atoms with van der Waals surface area (Å²) in [5, 5.41) is 0. The first-order chi connectivity index (χ1) is 8.15. The Morgan fingerprint density at radius 2 is 2.18 bits per heavy atom. The second kappa shape index (κ2) is 6.53. The summed E-state index contributed by atoms with van der Waals surface area (Å²) in [6.45, 7) is 0.291. The van der Waals surface area contributed by atoms with Crippen molar-refractivity contribution in [2.45, 2.75) is 6.04 Å². The third kappa shape index (κ3) is 4.15. The van der Waals surface area contributed by atoms with Crippen molar-refractivity contribution in [3.8, 4) is 0 Å². The lowest BCUT2D eigenvalue weighted by Crippen LogP contribution is -2.31. The lowest BCUT2D eigenvalue weighted by atomic mass is 10.3. The van der Waals surface area contributed by atoms with E-state index in [1.165, 1.54) is 12.4 Å². The molecule has 92 valence electrons. The van der Waals surface area contributed by atoms with Crippen molar-refractivity contribution in [1.29, 1.82) is 0 Å². The SMILES string of the molecule is NNC(=O)c1ccncc1.N[C@@H]1CONC1=O. The van der Waals surface area contributed by atoms with Gasteiger partial charge in [-0.05, 0) is 12.1 Å². The predicted molar refractivity (Wildman–Crippen MR) is 58.0 cm³/mol. The van der Waals surface area contributed by atoms with E-state index in [4.69, 9.17) is 11.6 Å². The Kier molecular flexibility index (Phi) is 5.01. The molecule has 0 unspecified atom stereocenters. The molecule has 0 radical (unpaired) electrons. The Balaban J connectivity index is 0.000000181. The van der Waals surface area contributed by atoms with Gasteiger partial charge in [-0.2, -0.15) is 0 Å². The van der Waals surface area contributed by atoms with E-state index in [0.717, 1.165) is 0 Å². The van der Waals surface area contributed by atoms with Crippen LogP contribution in [0.5, 0.6) is 0 Å². The summed E-state index contributed by atoms with van der Waals surface area (Å²) < 4.78 is 0. The highest BCUT2D eigenvalue weighted by atomic mass is 16.7. The minimum absolute atomic E-state index is 0.236. The third-order valence-corrected chi connectivity index (χ3v) is 1.85. The number of pyridine rings is 1. The van der Waals surface area contributed by atoms with Gasteiger partial charge in [0.2, 0.25) is 0 Å². The van der Waals surface area contributed by atoms with Gasteiger partial charge in [-0.3, -0.25) is 24.8 Å². The maximum atomic E-state index is 10.7. The van der Waals surface area contributed by atoms with E-state index < -0.39 is 6.04 Å². The zero-order chi connectivity index (χ0) is 12.7. The predicted octanol–water partition coefficient (Wildman–Crippen LogP) is -1.94. The van der Waals surface area contributed by atoms with Crippen LogP contribution in [0, 0.1) is 0 Å². The number of nitrogens with zero attached hydrogens (tertiary/aromatic N) is 1. The molecule has 1 saturated heterocycles. The maximum Gasteiger partial charge on any atom is 0.265 e. The standard InChI is InChI=1S/C6H7N3O.C3H6N2O2/c7-9-6(10)5-1-3-8-4-2-5;4-2-1-7-5-3(2)6/h1-4H,7H2,(H,9,10);2H,1,4H2,(H,5,6)/t;2-/m.1/s1. The van der Waals surface area contributed by atoms with E-state index in [0.29, 0.717) is 12.2 Å². The van der Waals surface area contributed by atoms with Gasteiger partial charge >= 0.3 is 0 Å².